The number of hydrogen-bond donors (Lipinski definition) is 1. The van der Waals surface area contributed by atoms with Gasteiger partial charge in [0, 0.05) is 13.0 Å². The zero-order valence-electron chi connectivity index (χ0n) is 6.60. The smallest absolute Gasteiger partial charge is 0.407 e. The SMILES string of the molecule is O=CCC1CN(C(=O)O)CCO1. The second-order valence-electron chi connectivity index (χ2n) is 2.62. The van der Waals surface area contributed by atoms with E-state index in [-0.39, 0.29) is 12.5 Å². The molecule has 1 aliphatic heterocycles. The third-order valence-electron chi connectivity index (χ3n) is 1.77. The predicted molar refractivity (Wildman–Crippen MR) is 40.0 cm³/mol. The highest BCUT2D eigenvalue weighted by atomic mass is 16.5. The number of carbonyl (C=O) groups excluding carboxylic acids is 1. The largest absolute Gasteiger partial charge is 0.465 e. The third-order valence-corrected chi connectivity index (χ3v) is 1.77. The normalized spacial score (nSPS) is 23.7. The number of amides is 1. The fourth-order valence-electron chi connectivity index (χ4n) is 1.14. The molecule has 0 spiro atoms. The van der Waals surface area contributed by atoms with Gasteiger partial charge >= 0.3 is 6.09 Å². The van der Waals surface area contributed by atoms with Crippen LogP contribution in [-0.2, 0) is 9.53 Å². The Hall–Kier alpha value is -1.10. The molecule has 1 amide bonds. The van der Waals surface area contributed by atoms with Crippen molar-refractivity contribution >= 4 is 12.4 Å². The average molecular weight is 173 g/mol. The molecule has 0 radical (unpaired) electrons. The fourth-order valence-corrected chi connectivity index (χ4v) is 1.14. The topological polar surface area (TPSA) is 66.8 Å². The Labute approximate surface area is 69.9 Å². The summed E-state index contributed by atoms with van der Waals surface area (Å²) in [4.78, 5) is 21.9. The maximum absolute atomic E-state index is 10.5. The number of hydrogen-bond acceptors (Lipinski definition) is 3. The van der Waals surface area contributed by atoms with E-state index in [0.29, 0.717) is 19.7 Å². The number of carboxylic acid groups (broad SMARTS) is 1. The Balaban J connectivity index is 2.39. The Bertz CT molecular complexity index is 182. The lowest BCUT2D eigenvalue weighted by Crippen LogP contribution is -2.45. The first-order chi connectivity index (χ1) is 5.74. The van der Waals surface area contributed by atoms with Gasteiger partial charge in [-0.05, 0) is 0 Å². The van der Waals surface area contributed by atoms with E-state index < -0.39 is 6.09 Å². The van der Waals surface area contributed by atoms with E-state index in [1.54, 1.807) is 0 Å². The van der Waals surface area contributed by atoms with Crippen LogP contribution in [0.5, 0.6) is 0 Å². The van der Waals surface area contributed by atoms with E-state index in [1.165, 1.54) is 4.90 Å². The quantitative estimate of drug-likeness (QED) is 0.595. The summed E-state index contributed by atoms with van der Waals surface area (Å²) in [6.45, 7) is 1.07. The molecule has 1 aliphatic rings. The van der Waals surface area contributed by atoms with Crippen LogP contribution < -0.4 is 0 Å². The van der Waals surface area contributed by atoms with E-state index >= 15 is 0 Å². The van der Waals surface area contributed by atoms with Crippen LogP contribution >= 0.6 is 0 Å². The molecule has 0 aromatic heterocycles. The van der Waals surface area contributed by atoms with Crippen molar-refractivity contribution in [1.82, 2.24) is 4.90 Å². The van der Waals surface area contributed by atoms with Crippen LogP contribution in [0.4, 0.5) is 4.79 Å². The van der Waals surface area contributed by atoms with Gasteiger partial charge in [0.15, 0.2) is 0 Å². The summed E-state index contributed by atoms with van der Waals surface area (Å²) in [5, 5.41) is 8.61. The van der Waals surface area contributed by atoms with E-state index in [2.05, 4.69) is 0 Å². The number of ether oxygens (including phenoxy) is 1. The zero-order chi connectivity index (χ0) is 8.97. The van der Waals surface area contributed by atoms with Gasteiger partial charge in [-0.3, -0.25) is 0 Å². The molecule has 1 N–H and O–H groups in total. The highest BCUT2D eigenvalue weighted by molar-refractivity contribution is 5.65. The molecule has 0 saturated carbocycles. The first-order valence-corrected chi connectivity index (χ1v) is 3.77. The molecule has 5 heteroatoms. The van der Waals surface area contributed by atoms with Gasteiger partial charge in [-0.2, -0.15) is 0 Å². The van der Waals surface area contributed by atoms with Crippen molar-refractivity contribution in [2.45, 2.75) is 12.5 Å². The van der Waals surface area contributed by atoms with Gasteiger partial charge in [-0.1, -0.05) is 0 Å². The fraction of sp³-hybridized carbons (Fsp3) is 0.714. The first-order valence-electron chi connectivity index (χ1n) is 3.77. The van der Waals surface area contributed by atoms with Gasteiger partial charge in [-0.15, -0.1) is 0 Å². The Morgan fingerprint density at radius 2 is 2.50 bits per heavy atom. The molecule has 68 valence electrons. The molecule has 1 rings (SSSR count). The molecule has 1 fully saturated rings. The van der Waals surface area contributed by atoms with Crippen molar-refractivity contribution in [3.63, 3.8) is 0 Å². The summed E-state index contributed by atoms with van der Waals surface area (Å²) in [5.74, 6) is 0. The van der Waals surface area contributed by atoms with Crippen LogP contribution in [0, 0.1) is 0 Å². The molecule has 0 bridgehead atoms. The second-order valence-corrected chi connectivity index (χ2v) is 2.62. The van der Waals surface area contributed by atoms with E-state index in [4.69, 9.17) is 9.84 Å². The second kappa shape index (κ2) is 4.06. The van der Waals surface area contributed by atoms with Gasteiger partial charge < -0.3 is 19.5 Å². The lowest BCUT2D eigenvalue weighted by atomic mass is 10.2. The van der Waals surface area contributed by atoms with Crippen LogP contribution in [0.25, 0.3) is 0 Å². The Kier molecular flexibility index (Phi) is 3.04. The molecule has 12 heavy (non-hydrogen) atoms. The van der Waals surface area contributed by atoms with Crippen LogP contribution in [0.1, 0.15) is 6.42 Å². The molecule has 0 aromatic carbocycles. The summed E-state index contributed by atoms with van der Waals surface area (Å²) in [6.07, 6.45) is -0.193. The average Bonchev–Trinajstić information content (AvgIpc) is 2.05. The molecule has 1 saturated heterocycles. The molecular weight excluding hydrogens is 162 g/mol. The van der Waals surface area contributed by atoms with Gasteiger partial charge in [0.2, 0.25) is 0 Å². The summed E-state index contributed by atoms with van der Waals surface area (Å²) < 4.78 is 5.16. The van der Waals surface area contributed by atoms with Crippen molar-refractivity contribution in [2.24, 2.45) is 0 Å². The van der Waals surface area contributed by atoms with Crippen molar-refractivity contribution < 1.29 is 19.4 Å². The minimum atomic E-state index is -0.950. The lowest BCUT2D eigenvalue weighted by Gasteiger charge is -2.29. The number of carbonyl (C=O) groups is 2. The number of morpholine rings is 1. The minimum absolute atomic E-state index is 0.257. The van der Waals surface area contributed by atoms with E-state index in [1.807, 2.05) is 0 Å². The Morgan fingerprint density at radius 3 is 3.08 bits per heavy atom. The first kappa shape index (κ1) is 8.99. The highest BCUT2D eigenvalue weighted by Gasteiger charge is 2.22. The standard InChI is InChI=1S/C7H11NO4/c9-3-1-6-5-8(7(10)11)2-4-12-6/h3,6H,1-2,4-5H2,(H,10,11). The van der Waals surface area contributed by atoms with Gasteiger partial charge in [0.1, 0.15) is 6.29 Å². The van der Waals surface area contributed by atoms with Crippen molar-refractivity contribution in [1.29, 1.82) is 0 Å². The third kappa shape index (κ3) is 2.20. The van der Waals surface area contributed by atoms with Crippen LogP contribution in [0.2, 0.25) is 0 Å². The summed E-state index contributed by atoms with van der Waals surface area (Å²) in [7, 11) is 0. The van der Waals surface area contributed by atoms with Crippen LogP contribution in [0.3, 0.4) is 0 Å². The molecule has 0 aromatic rings. The van der Waals surface area contributed by atoms with Gasteiger partial charge in [-0.25, -0.2) is 4.79 Å². The number of nitrogens with zero attached hydrogens (tertiary/aromatic N) is 1. The minimum Gasteiger partial charge on any atom is -0.465 e. The van der Waals surface area contributed by atoms with E-state index in [0.717, 1.165) is 6.29 Å². The molecule has 0 aliphatic carbocycles. The number of aldehydes is 1. The molecule has 1 atom stereocenters. The monoisotopic (exact) mass is 173 g/mol. The van der Waals surface area contributed by atoms with Gasteiger partial charge in [0.25, 0.3) is 0 Å². The summed E-state index contributed by atoms with van der Waals surface area (Å²) in [6, 6.07) is 0. The predicted octanol–water partition coefficient (Wildman–Crippen LogP) is -0.0458. The van der Waals surface area contributed by atoms with Crippen molar-refractivity contribution in [2.75, 3.05) is 19.7 Å². The molecular formula is C7H11NO4. The molecule has 1 unspecified atom stereocenters. The van der Waals surface area contributed by atoms with Crippen LogP contribution in [-0.4, -0.2) is 48.2 Å². The van der Waals surface area contributed by atoms with E-state index in [9.17, 15) is 9.59 Å². The Morgan fingerprint density at radius 1 is 1.75 bits per heavy atom. The maximum atomic E-state index is 10.5. The summed E-state index contributed by atoms with van der Waals surface area (Å²) in [5.41, 5.74) is 0. The van der Waals surface area contributed by atoms with Gasteiger partial charge in [0.05, 0.1) is 19.3 Å². The zero-order valence-corrected chi connectivity index (χ0v) is 6.60. The number of rotatable bonds is 2. The maximum Gasteiger partial charge on any atom is 0.407 e. The molecule has 1 heterocycles. The van der Waals surface area contributed by atoms with Crippen LogP contribution in [0.15, 0.2) is 0 Å². The lowest BCUT2D eigenvalue weighted by molar-refractivity contribution is -0.112. The van der Waals surface area contributed by atoms with Crippen molar-refractivity contribution in [3.8, 4) is 0 Å². The highest BCUT2D eigenvalue weighted by Crippen LogP contribution is 2.06. The molecule has 5 nitrogen and oxygen atoms in total. The summed E-state index contributed by atoms with van der Waals surface area (Å²) >= 11 is 0. The van der Waals surface area contributed by atoms with Crippen molar-refractivity contribution in [3.05, 3.63) is 0 Å².